The highest BCUT2D eigenvalue weighted by Crippen LogP contribution is 2.32. The highest BCUT2D eigenvalue weighted by molar-refractivity contribution is 9.10. The number of nitrogens with two attached hydrogens (primary N) is 1. The molecular weight excluding hydrogens is 359 g/mol. The molecule has 0 spiro atoms. The number of hydrogen-bond acceptors (Lipinski definition) is 4. The molecule has 1 saturated heterocycles. The lowest BCUT2D eigenvalue weighted by Gasteiger charge is -2.38. The zero-order chi connectivity index (χ0) is 15.2. The number of piperidine rings is 1. The highest BCUT2D eigenvalue weighted by atomic mass is 79.9. The predicted molar refractivity (Wildman–Crippen MR) is 86.2 cm³/mol. The Labute approximate surface area is 135 Å². The Morgan fingerprint density at radius 3 is 2.90 bits per heavy atom. The summed E-state index contributed by atoms with van der Waals surface area (Å²) in [6, 6.07) is 3.46. The Morgan fingerprint density at radius 1 is 1.43 bits per heavy atom. The number of rotatable bonds is 1. The first kappa shape index (κ1) is 14.9. The van der Waals surface area contributed by atoms with Crippen molar-refractivity contribution in [2.24, 2.45) is 5.73 Å². The minimum absolute atomic E-state index is 0.0406. The fourth-order valence-electron chi connectivity index (χ4n) is 2.78. The summed E-state index contributed by atoms with van der Waals surface area (Å²) in [7, 11) is 0. The summed E-state index contributed by atoms with van der Waals surface area (Å²) in [6.07, 6.45) is 1.93. The lowest BCUT2D eigenvalue weighted by Crippen LogP contribution is -2.52. The van der Waals surface area contributed by atoms with Crippen LogP contribution in [0.15, 0.2) is 16.6 Å². The molecule has 2 N–H and O–H groups in total. The molecule has 1 aliphatic rings. The third-order valence-corrected chi connectivity index (χ3v) is 4.52. The van der Waals surface area contributed by atoms with Crippen molar-refractivity contribution in [2.45, 2.75) is 25.3 Å². The molecule has 0 bridgehead atoms. The van der Waals surface area contributed by atoms with Gasteiger partial charge in [-0.3, -0.25) is 0 Å². The maximum absolute atomic E-state index is 14.2. The van der Waals surface area contributed by atoms with Crippen LogP contribution < -0.4 is 10.6 Å². The van der Waals surface area contributed by atoms with E-state index in [1.165, 1.54) is 0 Å². The van der Waals surface area contributed by atoms with E-state index in [0.29, 0.717) is 22.2 Å². The Kier molecular flexibility index (Phi) is 3.80. The standard InChI is InChI=1S/C14H15BrClFN4/c1-14(18)5-2-6-21(7-14)12-8-3-4-9(15)10(17)11(8)19-13(16)20-12/h3-4H,2,5-7,18H2,1H3. The van der Waals surface area contributed by atoms with Gasteiger partial charge in [-0.1, -0.05) is 0 Å². The third-order valence-electron chi connectivity index (χ3n) is 3.74. The molecule has 0 saturated carbocycles. The number of nitrogens with zero attached hydrogens (tertiary/aromatic N) is 3. The average molecular weight is 374 g/mol. The quantitative estimate of drug-likeness (QED) is 0.777. The first-order valence-corrected chi connectivity index (χ1v) is 7.89. The molecule has 2 aromatic rings. The SMILES string of the molecule is CC1(N)CCCN(c2nc(Cl)nc3c(F)c(Br)ccc23)C1. The van der Waals surface area contributed by atoms with E-state index in [-0.39, 0.29) is 16.3 Å². The Hall–Kier alpha value is -0.980. The van der Waals surface area contributed by atoms with Crippen LogP contribution in [-0.2, 0) is 0 Å². The predicted octanol–water partition coefficient (Wildman–Crippen LogP) is 3.50. The molecule has 1 unspecified atom stereocenters. The lowest BCUT2D eigenvalue weighted by atomic mass is 9.92. The minimum Gasteiger partial charge on any atom is -0.354 e. The van der Waals surface area contributed by atoms with E-state index in [0.717, 1.165) is 19.4 Å². The Bertz CT molecular complexity index is 707. The van der Waals surface area contributed by atoms with E-state index in [1.54, 1.807) is 12.1 Å². The van der Waals surface area contributed by atoms with Gasteiger partial charge >= 0.3 is 0 Å². The molecule has 1 aliphatic heterocycles. The maximum atomic E-state index is 14.2. The zero-order valence-corrected chi connectivity index (χ0v) is 13.9. The van der Waals surface area contributed by atoms with Crippen molar-refractivity contribution in [3.63, 3.8) is 0 Å². The van der Waals surface area contributed by atoms with Crippen LogP contribution in [-0.4, -0.2) is 28.6 Å². The number of fused-ring (bicyclic) bond motifs is 1. The first-order valence-electron chi connectivity index (χ1n) is 6.72. The van der Waals surface area contributed by atoms with Crippen LogP contribution in [0, 0.1) is 5.82 Å². The second-order valence-corrected chi connectivity index (χ2v) is 6.95. The van der Waals surface area contributed by atoms with Gasteiger partial charge in [0.15, 0.2) is 5.82 Å². The lowest BCUT2D eigenvalue weighted by molar-refractivity contribution is 0.374. The van der Waals surface area contributed by atoms with Gasteiger partial charge in [0.05, 0.1) is 4.47 Å². The molecule has 7 heteroatoms. The van der Waals surface area contributed by atoms with E-state index < -0.39 is 5.82 Å². The van der Waals surface area contributed by atoms with Gasteiger partial charge in [0, 0.05) is 24.0 Å². The molecule has 0 aliphatic carbocycles. The Morgan fingerprint density at radius 2 is 2.19 bits per heavy atom. The van der Waals surface area contributed by atoms with Gasteiger partial charge in [0.2, 0.25) is 5.28 Å². The van der Waals surface area contributed by atoms with Crippen molar-refractivity contribution < 1.29 is 4.39 Å². The largest absolute Gasteiger partial charge is 0.354 e. The number of aromatic nitrogens is 2. The second kappa shape index (κ2) is 5.34. The molecule has 21 heavy (non-hydrogen) atoms. The molecular formula is C14H15BrClFN4. The van der Waals surface area contributed by atoms with Crippen molar-refractivity contribution in [1.82, 2.24) is 9.97 Å². The van der Waals surface area contributed by atoms with E-state index in [1.807, 2.05) is 6.92 Å². The van der Waals surface area contributed by atoms with E-state index in [9.17, 15) is 4.39 Å². The number of anilines is 1. The summed E-state index contributed by atoms with van der Waals surface area (Å²) >= 11 is 9.14. The van der Waals surface area contributed by atoms with Crippen LogP contribution in [0.3, 0.4) is 0 Å². The summed E-state index contributed by atoms with van der Waals surface area (Å²) in [5.74, 6) is 0.221. The van der Waals surface area contributed by atoms with Crippen LogP contribution in [0.1, 0.15) is 19.8 Å². The van der Waals surface area contributed by atoms with Crippen LogP contribution in [0.5, 0.6) is 0 Å². The summed E-state index contributed by atoms with van der Waals surface area (Å²) in [4.78, 5) is 10.4. The van der Waals surface area contributed by atoms with Gasteiger partial charge < -0.3 is 10.6 Å². The van der Waals surface area contributed by atoms with E-state index in [4.69, 9.17) is 17.3 Å². The van der Waals surface area contributed by atoms with Crippen molar-refractivity contribution in [2.75, 3.05) is 18.0 Å². The Balaban J connectivity index is 2.16. The third kappa shape index (κ3) is 2.84. The maximum Gasteiger partial charge on any atom is 0.225 e. The van der Waals surface area contributed by atoms with Crippen LogP contribution in [0.2, 0.25) is 5.28 Å². The van der Waals surface area contributed by atoms with Crippen molar-refractivity contribution in [1.29, 1.82) is 0 Å². The van der Waals surface area contributed by atoms with E-state index in [2.05, 4.69) is 30.8 Å². The highest BCUT2D eigenvalue weighted by Gasteiger charge is 2.29. The van der Waals surface area contributed by atoms with Gasteiger partial charge in [-0.2, -0.15) is 4.98 Å². The number of halogens is 3. The van der Waals surface area contributed by atoms with Crippen LogP contribution >= 0.6 is 27.5 Å². The van der Waals surface area contributed by atoms with Crippen molar-refractivity contribution in [3.8, 4) is 0 Å². The van der Waals surface area contributed by atoms with Gasteiger partial charge in [0.1, 0.15) is 11.3 Å². The summed E-state index contributed by atoms with van der Waals surface area (Å²) in [6.45, 7) is 3.50. The monoisotopic (exact) mass is 372 g/mol. The summed E-state index contributed by atoms with van der Waals surface area (Å²) in [5.41, 5.74) is 6.19. The molecule has 1 atom stereocenters. The molecule has 2 heterocycles. The average Bonchev–Trinajstić information content (AvgIpc) is 2.41. The van der Waals surface area contributed by atoms with Crippen molar-refractivity contribution >= 4 is 44.3 Å². The molecule has 3 rings (SSSR count). The molecule has 0 radical (unpaired) electrons. The molecule has 1 fully saturated rings. The fourth-order valence-corrected chi connectivity index (χ4v) is 3.27. The number of benzene rings is 1. The van der Waals surface area contributed by atoms with Crippen LogP contribution in [0.25, 0.3) is 10.9 Å². The second-order valence-electron chi connectivity index (χ2n) is 5.75. The fraction of sp³-hybridized carbons (Fsp3) is 0.429. The molecule has 112 valence electrons. The molecule has 1 aromatic carbocycles. The topological polar surface area (TPSA) is 55.0 Å². The van der Waals surface area contributed by atoms with E-state index >= 15 is 0 Å². The first-order chi connectivity index (χ1) is 9.87. The molecule has 0 amide bonds. The zero-order valence-electron chi connectivity index (χ0n) is 11.5. The van der Waals surface area contributed by atoms with Gasteiger partial charge in [0.25, 0.3) is 0 Å². The molecule has 1 aromatic heterocycles. The van der Waals surface area contributed by atoms with Gasteiger partial charge in [-0.15, -0.1) is 0 Å². The smallest absolute Gasteiger partial charge is 0.225 e. The summed E-state index contributed by atoms with van der Waals surface area (Å²) < 4.78 is 14.6. The summed E-state index contributed by atoms with van der Waals surface area (Å²) in [5, 5.41) is 0.691. The normalized spacial score (nSPS) is 22.8. The molecule has 4 nitrogen and oxygen atoms in total. The van der Waals surface area contributed by atoms with Crippen LogP contribution in [0.4, 0.5) is 10.2 Å². The van der Waals surface area contributed by atoms with Gasteiger partial charge in [-0.25, -0.2) is 9.37 Å². The number of hydrogen-bond donors (Lipinski definition) is 1. The van der Waals surface area contributed by atoms with Crippen molar-refractivity contribution in [3.05, 3.63) is 27.7 Å². The van der Waals surface area contributed by atoms with Gasteiger partial charge in [-0.05, 0) is 59.4 Å². The minimum atomic E-state index is -0.425.